The molecule has 2 N–H and O–H groups in total. The molecule has 1 aliphatic rings. The number of anilines is 2. The molecule has 1 atom stereocenters. The van der Waals surface area contributed by atoms with E-state index in [1.54, 1.807) is 6.20 Å². The van der Waals surface area contributed by atoms with Gasteiger partial charge in [0.1, 0.15) is 5.82 Å². The summed E-state index contributed by atoms with van der Waals surface area (Å²) in [7, 11) is 0. The van der Waals surface area contributed by atoms with Crippen LogP contribution in [0, 0.1) is 5.92 Å². The number of aliphatic hydroxyl groups excluding tert-OH is 1. The van der Waals surface area contributed by atoms with Crippen molar-refractivity contribution in [1.82, 2.24) is 9.88 Å². The van der Waals surface area contributed by atoms with Crippen LogP contribution in [-0.2, 0) is 4.79 Å². The summed E-state index contributed by atoms with van der Waals surface area (Å²) in [6, 6.07) is 3.84. The molecule has 0 bridgehead atoms. The van der Waals surface area contributed by atoms with Gasteiger partial charge in [0.2, 0.25) is 5.91 Å². The van der Waals surface area contributed by atoms with E-state index in [0.29, 0.717) is 0 Å². The lowest BCUT2D eigenvalue weighted by atomic mass is 10.2. The number of pyridine rings is 1. The Bertz CT molecular complexity index is 479. The lowest BCUT2D eigenvalue weighted by Gasteiger charge is -2.35. The van der Waals surface area contributed by atoms with Crippen LogP contribution < -0.4 is 10.2 Å². The van der Waals surface area contributed by atoms with Gasteiger partial charge < -0.3 is 15.3 Å². The van der Waals surface area contributed by atoms with Crippen molar-refractivity contribution in [2.24, 2.45) is 5.92 Å². The normalized spacial score (nSPS) is 17.6. The van der Waals surface area contributed by atoms with Crippen LogP contribution >= 0.6 is 0 Å². The summed E-state index contributed by atoms with van der Waals surface area (Å²) in [5.74, 6) is 0.891. The summed E-state index contributed by atoms with van der Waals surface area (Å²) < 4.78 is 0. The Hall–Kier alpha value is -1.66. The third-order valence-electron chi connectivity index (χ3n) is 3.76. The van der Waals surface area contributed by atoms with Crippen molar-refractivity contribution in [3.05, 3.63) is 18.3 Å². The minimum Gasteiger partial charge on any atom is -0.392 e. The fourth-order valence-corrected chi connectivity index (χ4v) is 2.47. The average molecular weight is 306 g/mol. The molecule has 0 radical (unpaired) electrons. The molecule has 1 unspecified atom stereocenters. The van der Waals surface area contributed by atoms with Crippen LogP contribution in [0.25, 0.3) is 0 Å². The van der Waals surface area contributed by atoms with E-state index in [0.717, 1.165) is 44.2 Å². The van der Waals surface area contributed by atoms with E-state index in [1.807, 2.05) is 32.9 Å². The first kappa shape index (κ1) is 16.7. The van der Waals surface area contributed by atoms with Crippen LogP contribution in [0.15, 0.2) is 18.3 Å². The number of amides is 1. The van der Waals surface area contributed by atoms with Crippen molar-refractivity contribution in [3.8, 4) is 0 Å². The first-order chi connectivity index (χ1) is 10.5. The van der Waals surface area contributed by atoms with Crippen molar-refractivity contribution in [3.63, 3.8) is 0 Å². The summed E-state index contributed by atoms with van der Waals surface area (Å²) in [6.07, 6.45) is 1.42. The fraction of sp³-hybridized carbons (Fsp3) is 0.625. The van der Waals surface area contributed by atoms with E-state index in [2.05, 4.69) is 20.1 Å². The molecule has 0 spiro atoms. The van der Waals surface area contributed by atoms with Crippen molar-refractivity contribution < 1.29 is 9.90 Å². The summed E-state index contributed by atoms with van der Waals surface area (Å²) in [6.45, 7) is 9.93. The van der Waals surface area contributed by atoms with Crippen LogP contribution in [0.5, 0.6) is 0 Å². The van der Waals surface area contributed by atoms with Gasteiger partial charge in [-0.05, 0) is 19.1 Å². The second kappa shape index (κ2) is 7.56. The predicted molar refractivity (Wildman–Crippen MR) is 88.0 cm³/mol. The molecule has 122 valence electrons. The quantitative estimate of drug-likeness (QED) is 0.855. The van der Waals surface area contributed by atoms with Crippen LogP contribution in [0.3, 0.4) is 0 Å². The van der Waals surface area contributed by atoms with Crippen molar-refractivity contribution in [2.75, 3.05) is 42.9 Å². The lowest BCUT2D eigenvalue weighted by molar-refractivity contribution is -0.118. The summed E-state index contributed by atoms with van der Waals surface area (Å²) in [5, 5.41) is 12.3. The monoisotopic (exact) mass is 306 g/mol. The van der Waals surface area contributed by atoms with E-state index in [1.165, 1.54) is 0 Å². The Balaban J connectivity index is 1.88. The van der Waals surface area contributed by atoms with Gasteiger partial charge in [-0.25, -0.2) is 4.98 Å². The number of nitrogens with one attached hydrogen (secondary N) is 1. The zero-order valence-corrected chi connectivity index (χ0v) is 13.6. The van der Waals surface area contributed by atoms with E-state index in [9.17, 15) is 9.90 Å². The molecule has 6 heteroatoms. The van der Waals surface area contributed by atoms with Gasteiger partial charge in [0.05, 0.1) is 18.0 Å². The van der Waals surface area contributed by atoms with Crippen LogP contribution in [0.2, 0.25) is 0 Å². The van der Waals surface area contributed by atoms with Crippen LogP contribution in [0.1, 0.15) is 20.8 Å². The molecule has 1 aliphatic heterocycles. The standard InChI is InChI=1S/C16H26N4O2/c1-12(2)16(22)18-14-4-5-15(17-10-14)20-8-6-19(7-9-20)11-13(3)21/h4-5,10,12-13,21H,6-9,11H2,1-3H3,(H,18,22). The molecule has 2 rings (SSSR count). The van der Waals surface area contributed by atoms with Gasteiger partial charge in [-0.3, -0.25) is 9.69 Å². The molecule has 0 aromatic carbocycles. The predicted octanol–water partition coefficient (Wildman–Crippen LogP) is 1.18. The van der Waals surface area contributed by atoms with Crippen molar-refractivity contribution in [2.45, 2.75) is 26.9 Å². The minimum atomic E-state index is -0.284. The SMILES string of the molecule is CC(O)CN1CCN(c2ccc(NC(=O)C(C)C)cn2)CC1. The summed E-state index contributed by atoms with van der Waals surface area (Å²) in [5.41, 5.74) is 0.732. The lowest BCUT2D eigenvalue weighted by Crippen LogP contribution is -2.48. The van der Waals surface area contributed by atoms with Gasteiger partial charge in [0.15, 0.2) is 0 Å². The highest BCUT2D eigenvalue weighted by molar-refractivity contribution is 5.91. The molecule has 22 heavy (non-hydrogen) atoms. The van der Waals surface area contributed by atoms with Crippen molar-refractivity contribution >= 4 is 17.4 Å². The Morgan fingerprint density at radius 3 is 2.45 bits per heavy atom. The van der Waals surface area contributed by atoms with Gasteiger partial charge in [0.25, 0.3) is 0 Å². The number of β-amino-alcohol motifs (C(OH)–C–C–N with tert-alkyl or cyclic N) is 1. The van der Waals surface area contributed by atoms with Crippen molar-refractivity contribution in [1.29, 1.82) is 0 Å². The number of aliphatic hydroxyl groups is 1. The Labute approximate surface area is 132 Å². The largest absolute Gasteiger partial charge is 0.392 e. The number of carbonyl (C=O) groups excluding carboxylic acids is 1. The number of rotatable bonds is 5. The molecular formula is C16H26N4O2. The van der Waals surface area contributed by atoms with E-state index >= 15 is 0 Å². The molecule has 1 saturated heterocycles. The molecule has 2 heterocycles. The summed E-state index contributed by atoms with van der Waals surface area (Å²) in [4.78, 5) is 20.6. The zero-order chi connectivity index (χ0) is 16.1. The molecule has 0 saturated carbocycles. The number of hydrogen-bond acceptors (Lipinski definition) is 5. The average Bonchev–Trinajstić information content (AvgIpc) is 2.48. The number of nitrogens with zero attached hydrogens (tertiary/aromatic N) is 3. The number of piperazine rings is 1. The second-order valence-electron chi connectivity index (χ2n) is 6.19. The maximum absolute atomic E-state index is 11.6. The molecule has 1 aromatic heterocycles. The van der Waals surface area contributed by atoms with E-state index in [4.69, 9.17) is 0 Å². The van der Waals surface area contributed by atoms with Gasteiger partial charge in [-0.2, -0.15) is 0 Å². The molecule has 6 nitrogen and oxygen atoms in total. The highest BCUT2D eigenvalue weighted by atomic mass is 16.3. The maximum atomic E-state index is 11.6. The molecule has 0 aliphatic carbocycles. The number of hydrogen-bond donors (Lipinski definition) is 2. The topological polar surface area (TPSA) is 68.7 Å². The van der Waals surface area contributed by atoms with Gasteiger partial charge in [-0.1, -0.05) is 13.8 Å². The minimum absolute atomic E-state index is 0.00119. The molecule has 1 amide bonds. The van der Waals surface area contributed by atoms with Crippen LogP contribution in [0.4, 0.5) is 11.5 Å². The molecule has 1 aromatic rings. The Morgan fingerprint density at radius 2 is 1.95 bits per heavy atom. The smallest absolute Gasteiger partial charge is 0.226 e. The maximum Gasteiger partial charge on any atom is 0.226 e. The van der Waals surface area contributed by atoms with Gasteiger partial charge in [-0.15, -0.1) is 0 Å². The van der Waals surface area contributed by atoms with Gasteiger partial charge in [0, 0.05) is 38.6 Å². The van der Waals surface area contributed by atoms with E-state index < -0.39 is 0 Å². The van der Waals surface area contributed by atoms with Gasteiger partial charge >= 0.3 is 0 Å². The number of carbonyl (C=O) groups is 1. The zero-order valence-electron chi connectivity index (χ0n) is 13.6. The molecular weight excluding hydrogens is 280 g/mol. The fourth-order valence-electron chi connectivity index (χ4n) is 2.47. The highest BCUT2D eigenvalue weighted by Crippen LogP contribution is 2.16. The van der Waals surface area contributed by atoms with Crippen LogP contribution in [-0.4, -0.2) is 59.7 Å². The first-order valence-electron chi connectivity index (χ1n) is 7.88. The first-order valence-corrected chi connectivity index (χ1v) is 7.88. The van der Waals surface area contributed by atoms with E-state index in [-0.39, 0.29) is 17.9 Å². The molecule has 1 fully saturated rings. The third kappa shape index (κ3) is 4.68. The Morgan fingerprint density at radius 1 is 1.27 bits per heavy atom. The summed E-state index contributed by atoms with van der Waals surface area (Å²) >= 11 is 0. The Kier molecular flexibility index (Phi) is 5.74. The number of aromatic nitrogens is 1. The third-order valence-corrected chi connectivity index (χ3v) is 3.76. The highest BCUT2D eigenvalue weighted by Gasteiger charge is 2.18. The second-order valence-corrected chi connectivity index (χ2v) is 6.19.